The van der Waals surface area contributed by atoms with Gasteiger partial charge in [0.05, 0.1) is 0 Å². The molecule has 5 heteroatoms. The average molecular weight is 382 g/mol. The third-order valence-corrected chi connectivity index (χ3v) is 5.07. The van der Waals surface area contributed by atoms with Gasteiger partial charge in [0.1, 0.15) is 5.82 Å². The number of alkyl halides is 3. The monoisotopic (exact) mass is 382 g/mol. The van der Waals surface area contributed by atoms with Crippen LogP contribution in [-0.4, -0.2) is 13.5 Å². The van der Waals surface area contributed by atoms with Crippen molar-refractivity contribution < 1.29 is 22.3 Å². The molecular weight excluding hydrogens is 356 g/mol. The lowest BCUT2D eigenvalue weighted by molar-refractivity contribution is -0.311. The van der Waals surface area contributed by atoms with Gasteiger partial charge < -0.3 is 0 Å². The van der Waals surface area contributed by atoms with Crippen molar-refractivity contribution in [2.75, 3.05) is 7.11 Å². The maximum absolute atomic E-state index is 14.5. The highest BCUT2D eigenvalue weighted by Crippen LogP contribution is 2.36. The molecule has 148 valence electrons. The summed E-state index contributed by atoms with van der Waals surface area (Å²) in [5.74, 6) is 1.29. The van der Waals surface area contributed by atoms with Crippen molar-refractivity contribution >= 4 is 0 Å². The van der Waals surface area contributed by atoms with Crippen LogP contribution in [0.3, 0.4) is 0 Å². The van der Waals surface area contributed by atoms with Crippen molar-refractivity contribution in [2.45, 2.75) is 51.8 Å². The Morgan fingerprint density at radius 2 is 1.48 bits per heavy atom. The highest BCUT2D eigenvalue weighted by molar-refractivity contribution is 5.64. The first-order valence-electron chi connectivity index (χ1n) is 9.18. The van der Waals surface area contributed by atoms with Gasteiger partial charge in [-0.15, -0.1) is 13.2 Å². The standard InChI is InChI=1S/C20H23F.C2H3F3O/c1-14-3-7-16(8-4-14)18-11-12-19(20(21)13-18)17-9-5-15(2)6-10-17;1-6-2(3,4)5/h5-6,9-14,16H,3-4,7-8H2,1-2H3;1H3. The van der Waals surface area contributed by atoms with Crippen molar-refractivity contribution in [2.24, 2.45) is 5.92 Å². The van der Waals surface area contributed by atoms with Gasteiger partial charge in [0.2, 0.25) is 0 Å². The van der Waals surface area contributed by atoms with E-state index in [1.807, 2.05) is 37.3 Å². The van der Waals surface area contributed by atoms with E-state index in [0.717, 1.165) is 11.5 Å². The van der Waals surface area contributed by atoms with Crippen molar-refractivity contribution in [1.82, 2.24) is 0 Å². The van der Waals surface area contributed by atoms with Crippen molar-refractivity contribution in [1.29, 1.82) is 0 Å². The lowest BCUT2D eigenvalue weighted by atomic mass is 9.79. The zero-order valence-corrected chi connectivity index (χ0v) is 15.9. The summed E-state index contributed by atoms with van der Waals surface area (Å²) in [6.07, 6.45) is 0.479. The number of aryl methyl sites for hydroxylation is 1. The maximum Gasteiger partial charge on any atom is 0.522 e. The van der Waals surface area contributed by atoms with Gasteiger partial charge in [0, 0.05) is 12.7 Å². The molecule has 0 amide bonds. The number of ether oxygens (including phenoxy) is 1. The Morgan fingerprint density at radius 1 is 0.926 bits per heavy atom. The molecule has 0 unspecified atom stereocenters. The largest absolute Gasteiger partial charge is 0.522 e. The Bertz CT molecular complexity index is 714. The van der Waals surface area contributed by atoms with Gasteiger partial charge in [0.15, 0.2) is 0 Å². The van der Waals surface area contributed by atoms with Gasteiger partial charge in [0.25, 0.3) is 0 Å². The first-order chi connectivity index (χ1) is 12.7. The van der Waals surface area contributed by atoms with E-state index >= 15 is 0 Å². The molecule has 1 aliphatic rings. The van der Waals surface area contributed by atoms with Crippen molar-refractivity contribution in [3.05, 3.63) is 59.4 Å². The smallest absolute Gasteiger partial charge is 0.295 e. The van der Waals surface area contributed by atoms with E-state index in [4.69, 9.17) is 0 Å². The quantitative estimate of drug-likeness (QED) is 0.497. The Balaban J connectivity index is 0.000000380. The Labute approximate surface area is 158 Å². The normalized spacial score (nSPS) is 20.0. The minimum Gasteiger partial charge on any atom is -0.295 e. The molecule has 1 nitrogen and oxygen atoms in total. The van der Waals surface area contributed by atoms with Crippen LogP contribution in [0, 0.1) is 18.7 Å². The molecule has 1 aliphatic carbocycles. The van der Waals surface area contributed by atoms with E-state index in [2.05, 4.69) is 17.7 Å². The summed E-state index contributed by atoms with van der Waals surface area (Å²) in [6, 6.07) is 13.9. The van der Waals surface area contributed by atoms with Crippen LogP contribution in [0.15, 0.2) is 42.5 Å². The van der Waals surface area contributed by atoms with Gasteiger partial charge in [-0.2, -0.15) is 0 Å². The van der Waals surface area contributed by atoms with Crippen LogP contribution in [0.1, 0.15) is 49.7 Å². The fourth-order valence-electron chi connectivity index (χ4n) is 3.35. The van der Waals surface area contributed by atoms with E-state index < -0.39 is 6.36 Å². The van der Waals surface area contributed by atoms with Crippen LogP contribution in [0.25, 0.3) is 11.1 Å². The lowest BCUT2D eigenvalue weighted by Gasteiger charge is -2.26. The molecule has 1 fully saturated rings. The highest BCUT2D eigenvalue weighted by atomic mass is 19.4. The number of hydrogen-bond donors (Lipinski definition) is 0. The summed E-state index contributed by atoms with van der Waals surface area (Å²) in [7, 11) is 0.583. The van der Waals surface area contributed by atoms with Crippen LogP contribution < -0.4 is 0 Å². The number of hydrogen-bond acceptors (Lipinski definition) is 1. The Kier molecular flexibility index (Phi) is 7.42. The second-order valence-electron chi connectivity index (χ2n) is 7.21. The third kappa shape index (κ3) is 6.65. The zero-order valence-electron chi connectivity index (χ0n) is 15.9. The second-order valence-corrected chi connectivity index (χ2v) is 7.21. The van der Waals surface area contributed by atoms with E-state index in [1.165, 1.54) is 36.8 Å². The van der Waals surface area contributed by atoms with E-state index in [1.54, 1.807) is 6.07 Å². The Hall–Kier alpha value is -1.88. The molecule has 3 rings (SSSR count). The molecule has 0 N–H and O–H groups in total. The molecule has 0 bridgehead atoms. The fraction of sp³-hybridized carbons (Fsp3) is 0.455. The summed E-state index contributed by atoms with van der Waals surface area (Å²) in [5.41, 5.74) is 4.05. The second kappa shape index (κ2) is 9.36. The number of benzene rings is 2. The average Bonchev–Trinajstić information content (AvgIpc) is 2.63. The van der Waals surface area contributed by atoms with Gasteiger partial charge in [-0.05, 0) is 48.8 Å². The van der Waals surface area contributed by atoms with E-state index in [9.17, 15) is 17.6 Å². The first-order valence-corrected chi connectivity index (χ1v) is 9.18. The molecule has 0 heterocycles. The van der Waals surface area contributed by atoms with Crippen LogP contribution in [-0.2, 0) is 4.74 Å². The molecule has 0 radical (unpaired) electrons. The third-order valence-electron chi connectivity index (χ3n) is 5.07. The summed E-state index contributed by atoms with van der Waals surface area (Å²) in [6.45, 7) is 4.37. The van der Waals surface area contributed by atoms with Gasteiger partial charge in [-0.25, -0.2) is 4.39 Å². The number of methoxy groups -OCH3 is 1. The number of halogens is 4. The van der Waals surface area contributed by atoms with Crippen LogP contribution in [0.4, 0.5) is 17.6 Å². The lowest BCUT2D eigenvalue weighted by Crippen LogP contribution is -2.11. The topological polar surface area (TPSA) is 9.23 Å². The summed E-state index contributed by atoms with van der Waals surface area (Å²) in [5, 5.41) is 0. The van der Waals surface area contributed by atoms with E-state index in [0.29, 0.717) is 18.6 Å². The van der Waals surface area contributed by atoms with Crippen molar-refractivity contribution in [3.8, 4) is 11.1 Å². The maximum atomic E-state index is 14.5. The van der Waals surface area contributed by atoms with Gasteiger partial charge in [-0.1, -0.05) is 61.7 Å². The predicted molar refractivity (Wildman–Crippen MR) is 100 cm³/mol. The first kappa shape index (κ1) is 21.4. The van der Waals surface area contributed by atoms with Crippen LogP contribution in [0.2, 0.25) is 0 Å². The SMILES string of the molecule is COC(F)(F)F.Cc1ccc(-c2ccc(C3CCC(C)CC3)cc2F)cc1. The summed E-state index contributed by atoms with van der Waals surface area (Å²) in [4.78, 5) is 0. The van der Waals surface area contributed by atoms with Gasteiger partial charge >= 0.3 is 6.36 Å². The van der Waals surface area contributed by atoms with Crippen molar-refractivity contribution in [3.63, 3.8) is 0 Å². The Morgan fingerprint density at radius 3 is 1.96 bits per heavy atom. The molecular formula is C22H26F4O. The molecule has 27 heavy (non-hydrogen) atoms. The summed E-state index contributed by atoms with van der Waals surface area (Å²) < 4.78 is 49.1. The van der Waals surface area contributed by atoms with Crippen LogP contribution in [0.5, 0.6) is 0 Å². The minimum atomic E-state index is -4.46. The van der Waals surface area contributed by atoms with E-state index in [-0.39, 0.29) is 5.82 Å². The van der Waals surface area contributed by atoms with Crippen LogP contribution >= 0.6 is 0 Å². The molecule has 0 aromatic heterocycles. The fourth-order valence-corrected chi connectivity index (χ4v) is 3.35. The minimum absolute atomic E-state index is 0.0880. The zero-order chi connectivity index (χ0) is 20.0. The highest BCUT2D eigenvalue weighted by Gasteiger charge is 2.25. The molecule has 1 saturated carbocycles. The molecule has 0 spiro atoms. The predicted octanol–water partition coefficient (Wildman–Crippen LogP) is 7.25. The number of rotatable bonds is 2. The molecule has 2 aromatic rings. The molecule has 0 saturated heterocycles. The van der Waals surface area contributed by atoms with Gasteiger partial charge in [-0.3, -0.25) is 4.74 Å². The molecule has 0 aliphatic heterocycles. The molecule has 2 aromatic carbocycles. The summed E-state index contributed by atoms with van der Waals surface area (Å²) >= 11 is 0. The molecule has 0 atom stereocenters.